The minimum Gasteiger partial charge on any atom is -0.382 e. The number of rotatable bonds is 9. The molecule has 0 spiro atoms. The third-order valence-corrected chi connectivity index (χ3v) is 8.31. The van der Waals surface area contributed by atoms with E-state index in [-0.39, 0.29) is 31.2 Å². The molecule has 0 fully saturated rings. The summed E-state index contributed by atoms with van der Waals surface area (Å²) in [6, 6.07) is 10.2. The fourth-order valence-corrected chi connectivity index (χ4v) is 6.29. The Hall–Kier alpha value is -3.77. The molecular weight excluding hydrogens is 546 g/mol. The maximum atomic E-state index is 15.7. The standard InChI is InChI=1S/C30H30F2N6O2S/c1-18-26-15-24(36-38(26)10-9-33-18)29-27(22(23(32)6-8-31)17-40-12-11-39-3)30-21(7-13-41-30)28(35-29)19-4-5-25-20(14-19)16-34-37(25)2/h4-8,13-16,18,33H,9-12,17H2,1-3H3/b8-6+,23-22-/t18-/m1/s1. The summed E-state index contributed by atoms with van der Waals surface area (Å²) in [5.74, 6) is -0.730. The van der Waals surface area contributed by atoms with Gasteiger partial charge in [0.1, 0.15) is 17.2 Å². The Bertz CT molecular complexity index is 1790. The molecule has 1 aromatic carbocycles. The number of aromatic nitrogens is 5. The fraction of sp³-hybridized carbons (Fsp3) is 0.300. The Morgan fingerprint density at radius 1 is 1.22 bits per heavy atom. The number of halogens is 2. The Kier molecular flexibility index (Phi) is 7.76. The number of hydrogen-bond donors (Lipinski definition) is 1. The molecule has 0 radical (unpaired) electrons. The van der Waals surface area contributed by atoms with Crippen molar-refractivity contribution >= 4 is 37.9 Å². The minimum atomic E-state index is -0.730. The van der Waals surface area contributed by atoms with Gasteiger partial charge in [0.2, 0.25) is 0 Å². The molecular formula is C30H30F2N6O2S. The first-order valence-electron chi connectivity index (χ1n) is 13.4. The van der Waals surface area contributed by atoms with Crippen molar-refractivity contribution in [2.75, 3.05) is 33.5 Å². The van der Waals surface area contributed by atoms with E-state index in [4.69, 9.17) is 19.6 Å². The predicted molar refractivity (Wildman–Crippen MR) is 158 cm³/mol. The summed E-state index contributed by atoms with van der Waals surface area (Å²) in [7, 11) is 3.48. The minimum absolute atomic E-state index is 0.0896. The lowest BCUT2D eigenvalue weighted by molar-refractivity contribution is 0.0875. The van der Waals surface area contributed by atoms with Gasteiger partial charge in [0.25, 0.3) is 0 Å². The summed E-state index contributed by atoms with van der Waals surface area (Å²) in [4.78, 5) is 5.19. The molecule has 6 rings (SSSR count). The van der Waals surface area contributed by atoms with Gasteiger partial charge in [-0.15, -0.1) is 11.3 Å². The van der Waals surface area contributed by atoms with E-state index in [2.05, 4.69) is 23.4 Å². The van der Waals surface area contributed by atoms with Crippen LogP contribution in [0.25, 0.3) is 49.2 Å². The van der Waals surface area contributed by atoms with Crippen LogP contribution in [0.3, 0.4) is 0 Å². The molecule has 0 unspecified atom stereocenters. The van der Waals surface area contributed by atoms with Gasteiger partial charge in [0.05, 0.1) is 55.8 Å². The number of aryl methyl sites for hydroxylation is 1. The molecule has 0 bridgehead atoms. The van der Waals surface area contributed by atoms with E-state index >= 15 is 4.39 Å². The van der Waals surface area contributed by atoms with Gasteiger partial charge in [0.15, 0.2) is 0 Å². The van der Waals surface area contributed by atoms with Crippen molar-refractivity contribution in [3.8, 4) is 22.6 Å². The molecule has 1 atom stereocenters. The van der Waals surface area contributed by atoms with Crippen LogP contribution >= 0.6 is 11.3 Å². The third-order valence-electron chi connectivity index (χ3n) is 7.38. The number of pyridine rings is 1. The zero-order valence-corrected chi connectivity index (χ0v) is 23.8. The monoisotopic (exact) mass is 576 g/mol. The zero-order valence-electron chi connectivity index (χ0n) is 23.0. The van der Waals surface area contributed by atoms with E-state index in [1.807, 2.05) is 52.3 Å². The Morgan fingerprint density at radius 2 is 2.10 bits per heavy atom. The third kappa shape index (κ3) is 5.10. The quantitative estimate of drug-likeness (QED) is 0.166. The molecule has 0 saturated carbocycles. The van der Waals surface area contributed by atoms with Crippen molar-refractivity contribution in [3.63, 3.8) is 0 Å². The summed E-state index contributed by atoms with van der Waals surface area (Å²) >= 11 is 1.48. The number of benzene rings is 1. The van der Waals surface area contributed by atoms with E-state index in [1.54, 1.807) is 7.11 Å². The van der Waals surface area contributed by atoms with Crippen molar-refractivity contribution in [1.29, 1.82) is 0 Å². The van der Waals surface area contributed by atoms with Crippen LogP contribution in [0.5, 0.6) is 0 Å². The van der Waals surface area contributed by atoms with Crippen LogP contribution in [-0.4, -0.2) is 58.0 Å². The predicted octanol–water partition coefficient (Wildman–Crippen LogP) is 6.20. The van der Waals surface area contributed by atoms with E-state index in [9.17, 15) is 4.39 Å². The lowest BCUT2D eigenvalue weighted by atomic mass is 9.96. The zero-order chi connectivity index (χ0) is 28.5. The Morgan fingerprint density at radius 3 is 2.90 bits per heavy atom. The molecule has 1 aliphatic rings. The molecule has 5 aromatic rings. The Balaban J connectivity index is 1.62. The molecule has 0 amide bonds. The highest BCUT2D eigenvalue weighted by Gasteiger charge is 2.27. The molecule has 212 valence electrons. The highest BCUT2D eigenvalue weighted by Crippen LogP contribution is 2.43. The highest BCUT2D eigenvalue weighted by molar-refractivity contribution is 7.17. The maximum absolute atomic E-state index is 15.7. The van der Waals surface area contributed by atoms with E-state index in [0.29, 0.717) is 30.1 Å². The number of hydrogen-bond acceptors (Lipinski definition) is 7. The first-order chi connectivity index (χ1) is 20.0. The van der Waals surface area contributed by atoms with Crippen LogP contribution in [-0.2, 0) is 23.1 Å². The first kappa shape index (κ1) is 27.4. The number of fused-ring (bicyclic) bond motifs is 3. The lowest BCUT2D eigenvalue weighted by Crippen LogP contribution is -2.31. The number of allylic oxidation sites excluding steroid dienone is 2. The summed E-state index contributed by atoms with van der Waals surface area (Å²) in [6.45, 7) is 4.11. The molecule has 0 aliphatic carbocycles. The van der Waals surface area contributed by atoms with E-state index in [1.165, 1.54) is 11.3 Å². The van der Waals surface area contributed by atoms with Crippen LogP contribution in [0.2, 0.25) is 0 Å². The van der Waals surface area contributed by atoms with Crippen LogP contribution in [0, 0.1) is 0 Å². The number of nitrogens with one attached hydrogen (secondary N) is 1. The van der Waals surface area contributed by atoms with Gasteiger partial charge in [-0.3, -0.25) is 9.36 Å². The first-order valence-corrected chi connectivity index (χ1v) is 14.3. The van der Waals surface area contributed by atoms with Gasteiger partial charge in [-0.05, 0) is 36.6 Å². The van der Waals surface area contributed by atoms with Crippen molar-refractivity contribution in [3.05, 3.63) is 71.4 Å². The summed E-state index contributed by atoms with van der Waals surface area (Å²) in [5.41, 5.74) is 5.58. The average Bonchev–Trinajstić information content (AvgIpc) is 3.72. The highest BCUT2D eigenvalue weighted by atomic mass is 32.1. The average molecular weight is 577 g/mol. The SMILES string of the molecule is COCCOC/C(=C(F)\C=C\F)c1c(-c2cc3n(n2)CCN[C@@H]3C)nc(-c2ccc3c(cnn3C)c2)c2ccsc12. The smallest absolute Gasteiger partial charge is 0.131 e. The second-order valence-corrected chi connectivity index (χ2v) is 10.8. The lowest BCUT2D eigenvalue weighted by Gasteiger charge is -2.21. The van der Waals surface area contributed by atoms with E-state index in [0.717, 1.165) is 50.6 Å². The van der Waals surface area contributed by atoms with E-state index < -0.39 is 5.83 Å². The molecule has 1 N–H and O–H groups in total. The molecule has 4 aromatic heterocycles. The van der Waals surface area contributed by atoms with Gasteiger partial charge in [-0.25, -0.2) is 13.8 Å². The molecule has 5 heterocycles. The second-order valence-electron chi connectivity index (χ2n) is 9.91. The molecule has 11 heteroatoms. The van der Waals surface area contributed by atoms with Gasteiger partial charge >= 0.3 is 0 Å². The maximum Gasteiger partial charge on any atom is 0.131 e. The molecule has 1 aliphatic heterocycles. The van der Waals surface area contributed by atoms with Crippen LogP contribution < -0.4 is 5.32 Å². The van der Waals surface area contributed by atoms with Gasteiger partial charge in [-0.2, -0.15) is 10.2 Å². The molecule has 8 nitrogen and oxygen atoms in total. The van der Waals surface area contributed by atoms with Crippen molar-refractivity contribution in [1.82, 2.24) is 29.9 Å². The van der Waals surface area contributed by atoms with Crippen molar-refractivity contribution in [2.24, 2.45) is 7.05 Å². The number of thiophene rings is 1. The topological polar surface area (TPSA) is 79.0 Å². The molecule has 0 saturated heterocycles. The van der Waals surface area contributed by atoms with Gasteiger partial charge in [-0.1, -0.05) is 6.07 Å². The summed E-state index contributed by atoms with van der Waals surface area (Å²) in [5, 5.41) is 16.6. The largest absolute Gasteiger partial charge is 0.382 e. The van der Waals surface area contributed by atoms with Gasteiger partial charge in [0, 0.05) is 65.0 Å². The number of nitrogens with zero attached hydrogens (tertiary/aromatic N) is 5. The molecule has 41 heavy (non-hydrogen) atoms. The number of ether oxygens (including phenoxy) is 2. The van der Waals surface area contributed by atoms with Crippen LogP contribution in [0.4, 0.5) is 8.78 Å². The second kappa shape index (κ2) is 11.6. The fourth-order valence-electron chi connectivity index (χ4n) is 5.32. The van der Waals surface area contributed by atoms with Crippen molar-refractivity contribution < 1.29 is 18.3 Å². The normalized spacial score (nSPS) is 16.2. The summed E-state index contributed by atoms with van der Waals surface area (Å²) < 4.78 is 44.5. The summed E-state index contributed by atoms with van der Waals surface area (Å²) in [6.07, 6.45) is 2.84. The van der Waals surface area contributed by atoms with Gasteiger partial charge < -0.3 is 14.8 Å². The number of methoxy groups -OCH3 is 1. The Labute approximate surface area is 239 Å². The van der Waals surface area contributed by atoms with Crippen LogP contribution in [0.15, 0.2) is 60.1 Å². The van der Waals surface area contributed by atoms with Crippen LogP contribution in [0.1, 0.15) is 24.2 Å². The van der Waals surface area contributed by atoms with Crippen molar-refractivity contribution in [2.45, 2.75) is 19.5 Å².